The van der Waals surface area contributed by atoms with Gasteiger partial charge in [0.05, 0.1) is 11.9 Å². The van der Waals surface area contributed by atoms with Crippen molar-refractivity contribution in [2.24, 2.45) is 0 Å². The van der Waals surface area contributed by atoms with Crippen LogP contribution in [0.5, 0.6) is 5.88 Å². The van der Waals surface area contributed by atoms with Gasteiger partial charge in [-0.1, -0.05) is 54.6 Å². The standard InChI is InChI=1S/C22H18N2O4S/c25-20(23-13-16-9-6-12-29-16)19-17-10-4-5-11-18(17)21(26)24(22(19)27)28-14-15-7-2-1-3-8-15/h1-12,27H,13-14H2,(H,23,25). The first-order chi connectivity index (χ1) is 14.1. The Kier molecular flexibility index (Phi) is 5.31. The van der Waals surface area contributed by atoms with Gasteiger partial charge in [-0.05, 0) is 23.1 Å². The van der Waals surface area contributed by atoms with E-state index in [1.165, 1.54) is 11.3 Å². The summed E-state index contributed by atoms with van der Waals surface area (Å²) >= 11 is 1.52. The van der Waals surface area contributed by atoms with Crippen molar-refractivity contribution >= 4 is 28.0 Å². The van der Waals surface area contributed by atoms with Gasteiger partial charge in [-0.2, -0.15) is 0 Å². The normalized spacial score (nSPS) is 10.8. The van der Waals surface area contributed by atoms with Gasteiger partial charge in [0.15, 0.2) is 0 Å². The molecule has 2 aromatic carbocycles. The first-order valence-corrected chi connectivity index (χ1v) is 9.87. The maximum absolute atomic E-state index is 12.9. The fourth-order valence-corrected chi connectivity index (χ4v) is 3.69. The molecule has 0 aliphatic carbocycles. The molecule has 2 heterocycles. The first kappa shape index (κ1) is 18.8. The predicted octanol–water partition coefficient (Wildman–Crippen LogP) is 3.33. The van der Waals surface area contributed by atoms with Crippen molar-refractivity contribution in [1.82, 2.24) is 10.0 Å². The van der Waals surface area contributed by atoms with Crippen molar-refractivity contribution in [3.05, 3.63) is 98.5 Å². The number of aromatic hydroxyl groups is 1. The van der Waals surface area contributed by atoms with Crippen LogP contribution in [0.4, 0.5) is 0 Å². The van der Waals surface area contributed by atoms with E-state index in [4.69, 9.17) is 4.84 Å². The number of nitrogens with zero attached hydrogens (tertiary/aromatic N) is 1. The summed E-state index contributed by atoms with van der Waals surface area (Å²) in [5, 5.41) is 16.1. The maximum atomic E-state index is 12.9. The summed E-state index contributed by atoms with van der Waals surface area (Å²) in [7, 11) is 0. The minimum atomic E-state index is -0.524. The number of carbonyl (C=O) groups is 1. The second kappa shape index (κ2) is 8.20. The summed E-state index contributed by atoms with van der Waals surface area (Å²) in [6, 6.07) is 19.7. The average Bonchev–Trinajstić information content (AvgIpc) is 3.27. The highest BCUT2D eigenvalue weighted by Gasteiger charge is 2.22. The van der Waals surface area contributed by atoms with E-state index in [1.54, 1.807) is 24.3 Å². The van der Waals surface area contributed by atoms with E-state index in [0.29, 0.717) is 17.3 Å². The van der Waals surface area contributed by atoms with Crippen LogP contribution in [-0.4, -0.2) is 15.7 Å². The number of pyridine rings is 1. The minimum Gasteiger partial charge on any atom is -0.492 e. The first-order valence-electron chi connectivity index (χ1n) is 8.99. The lowest BCUT2D eigenvalue weighted by molar-refractivity contribution is 0.0698. The van der Waals surface area contributed by atoms with E-state index in [0.717, 1.165) is 15.2 Å². The Morgan fingerprint density at radius 3 is 2.45 bits per heavy atom. The van der Waals surface area contributed by atoms with Gasteiger partial charge in [0.25, 0.3) is 11.5 Å². The monoisotopic (exact) mass is 406 g/mol. The Balaban J connectivity index is 1.72. The van der Waals surface area contributed by atoms with Crippen molar-refractivity contribution in [1.29, 1.82) is 0 Å². The largest absolute Gasteiger partial charge is 0.492 e. The topological polar surface area (TPSA) is 80.6 Å². The lowest BCUT2D eigenvalue weighted by Crippen LogP contribution is -2.31. The molecule has 0 radical (unpaired) electrons. The van der Waals surface area contributed by atoms with Gasteiger partial charge < -0.3 is 15.3 Å². The number of benzene rings is 2. The van der Waals surface area contributed by atoms with Gasteiger partial charge in [0.1, 0.15) is 12.2 Å². The third-order valence-corrected chi connectivity index (χ3v) is 5.34. The molecular formula is C22H18N2O4S. The SMILES string of the molecule is O=C(NCc1cccs1)c1c(O)n(OCc2ccccc2)c(=O)c2ccccc12. The number of aromatic nitrogens is 1. The molecule has 6 nitrogen and oxygen atoms in total. The Hall–Kier alpha value is -3.58. The second-order valence-corrected chi connectivity index (χ2v) is 7.40. The summed E-state index contributed by atoms with van der Waals surface area (Å²) in [5.41, 5.74) is 0.310. The van der Waals surface area contributed by atoms with Gasteiger partial charge in [0.2, 0.25) is 5.88 Å². The maximum Gasteiger partial charge on any atom is 0.294 e. The number of hydrogen-bond donors (Lipinski definition) is 2. The van der Waals surface area contributed by atoms with Crippen LogP contribution in [0.2, 0.25) is 0 Å². The summed E-state index contributed by atoms with van der Waals surface area (Å²) in [6.07, 6.45) is 0. The second-order valence-electron chi connectivity index (χ2n) is 6.36. The molecular weight excluding hydrogens is 388 g/mol. The lowest BCUT2D eigenvalue weighted by atomic mass is 10.1. The third kappa shape index (κ3) is 3.86. The molecule has 29 heavy (non-hydrogen) atoms. The average molecular weight is 406 g/mol. The molecule has 7 heteroatoms. The van der Waals surface area contributed by atoms with E-state index in [9.17, 15) is 14.7 Å². The van der Waals surface area contributed by atoms with E-state index in [1.807, 2.05) is 47.8 Å². The van der Waals surface area contributed by atoms with Gasteiger partial charge >= 0.3 is 0 Å². The number of thiophene rings is 1. The van der Waals surface area contributed by atoms with Crippen LogP contribution in [0.25, 0.3) is 10.8 Å². The Morgan fingerprint density at radius 1 is 1.00 bits per heavy atom. The molecule has 0 saturated carbocycles. The molecule has 0 aliphatic heterocycles. The number of carbonyl (C=O) groups excluding carboxylic acids is 1. The molecule has 0 saturated heterocycles. The molecule has 1 amide bonds. The molecule has 0 spiro atoms. The van der Waals surface area contributed by atoms with Gasteiger partial charge in [-0.3, -0.25) is 9.59 Å². The van der Waals surface area contributed by atoms with Gasteiger partial charge in [-0.15, -0.1) is 16.1 Å². The molecule has 4 aromatic rings. The molecule has 0 fully saturated rings. The number of amides is 1. The smallest absolute Gasteiger partial charge is 0.294 e. The van der Waals surface area contributed by atoms with Crippen LogP contribution < -0.4 is 15.7 Å². The van der Waals surface area contributed by atoms with Crippen LogP contribution in [0.1, 0.15) is 20.8 Å². The van der Waals surface area contributed by atoms with Crippen LogP contribution >= 0.6 is 11.3 Å². The molecule has 2 aromatic heterocycles. The van der Waals surface area contributed by atoms with E-state index in [2.05, 4.69) is 5.32 Å². The quantitative estimate of drug-likeness (QED) is 0.515. The zero-order valence-corrected chi connectivity index (χ0v) is 16.2. The van der Waals surface area contributed by atoms with Crippen LogP contribution in [0.3, 0.4) is 0 Å². The molecule has 2 N–H and O–H groups in total. The Morgan fingerprint density at radius 2 is 1.72 bits per heavy atom. The Bertz CT molecular complexity index is 1200. The molecule has 0 aliphatic rings. The van der Waals surface area contributed by atoms with Gasteiger partial charge in [0, 0.05) is 10.3 Å². The van der Waals surface area contributed by atoms with Crippen molar-refractivity contribution in [2.45, 2.75) is 13.2 Å². The third-order valence-electron chi connectivity index (χ3n) is 4.46. The predicted molar refractivity (Wildman–Crippen MR) is 112 cm³/mol. The molecule has 0 unspecified atom stereocenters. The molecule has 0 bridgehead atoms. The van der Waals surface area contributed by atoms with Crippen molar-refractivity contribution < 1.29 is 14.7 Å². The van der Waals surface area contributed by atoms with Crippen molar-refractivity contribution in [3.8, 4) is 5.88 Å². The molecule has 4 rings (SSSR count). The number of rotatable bonds is 6. The highest BCUT2D eigenvalue weighted by atomic mass is 32.1. The fraction of sp³-hybridized carbons (Fsp3) is 0.0909. The van der Waals surface area contributed by atoms with Crippen LogP contribution in [0.15, 0.2) is 76.9 Å². The minimum absolute atomic E-state index is 0.00446. The van der Waals surface area contributed by atoms with Gasteiger partial charge in [-0.25, -0.2) is 0 Å². The zero-order chi connectivity index (χ0) is 20.2. The molecule has 146 valence electrons. The van der Waals surface area contributed by atoms with E-state index in [-0.39, 0.29) is 12.2 Å². The lowest BCUT2D eigenvalue weighted by Gasteiger charge is -2.15. The summed E-state index contributed by atoms with van der Waals surface area (Å²) in [4.78, 5) is 32.3. The zero-order valence-electron chi connectivity index (χ0n) is 15.4. The highest BCUT2D eigenvalue weighted by molar-refractivity contribution is 7.09. The molecule has 0 atom stereocenters. The summed E-state index contributed by atoms with van der Waals surface area (Å²) in [5.74, 6) is -1.00. The fourth-order valence-electron chi connectivity index (χ4n) is 3.04. The van der Waals surface area contributed by atoms with Crippen molar-refractivity contribution in [3.63, 3.8) is 0 Å². The Labute approximate surface area is 170 Å². The number of hydrogen-bond acceptors (Lipinski definition) is 5. The van der Waals surface area contributed by atoms with E-state index >= 15 is 0 Å². The summed E-state index contributed by atoms with van der Waals surface area (Å²) < 4.78 is 0.787. The summed E-state index contributed by atoms with van der Waals surface area (Å²) in [6.45, 7) is 0.400. The van der Waals surface area contributed by atoms with Crippen LogP contribution in [0, 0.1) is 0 Å². The highest BCUT2D eigenvalue weighted by Crippen LogP contribution is 2.24. The number of nitrogens with one attached hydrogen (secondary N) is 1. The van der Waals surface area contributed by atoms with E-state index < -0.39 is 17.3 Å². The van der Waals surface area contributed by atoms with Crippen LogP contribution in [-0.2, 0) is 13.2 Å². The van der Waals surface area contributed by atoms with Crippen molar-refractivity contribution in [2.75, 3.05) is 0 Å². The number of fused-ring (bicyclic) bond motifs is 1.